The molecule has 3 N–H and O–H groups in total. The number of nitrogens with one attached hydrogen (secondary N) is 1. The van der Waals surface area contributed by atoms with E-state index in [4.69, 9.17) is 4.42 Å². The first kappa shape index (κ1) is 14.3. The lowest BCUT2D eigenvalue weighted by molar-refractivity contribution is -0.140. The van der Waals surface area contributed by atoms with Crippen molar-refractivity contribution in [2.24, 2.45) is 0 Å². The van der Waals surface area contributed by atoms with Gasteiger partial charge in [-0.1, -0.05) is 12.1 Å². The Balaban J connectivity index is 2.18. The fourth-order valence-corrected chi connectivity index (χ4v) is 2.34. The van der Waals surface area contributed by atoms with E-state index >= 15 is 0 Å². The third-order valence-electron chi connectivity index (χ3n) is 3.37. The van der Waals surface area contributed by atoms with Gasteiger partial charge >= 0.3 is 5.97 Å². The lowest BCUT2D eigenvalue weighted by atomic mass is 10.2. The van der Waals surface area contributed by atoms with Crippen LogP contribution in [-0.2, 0) is 4.79 Å². The second-order valence-electron chi connectivity index (χ2n) is 5.10. The summed E-state index contributed by atoms with van der Waals surface area (Å²) in [7, 11) is 0. The number of rotatable bonds is 4. The quantitative estimate of drug-likeness (QED) is 0.675. The molecule has 0 fully saturated rings. The molecule has 0 aliphatic heterocycles. The summed E-state index contributed by atoms with van der Waals surface area (Å²) in [5, 5.41) is 22.4. The Morgan fingerprint density at radius 3 is 2.73 bits per heavy atom. The van der Waals surface area contributed by atoms with Crippen molar-refractivity contribution in [1.82, 2.24) is 9.97 Å². The number of aromatic nitrogens is 2. The number of para-hydroxylation sites is 1. The molecule has 2 aromatic heterocycles. The SMILES string of the molecule is Cc1nc(N[C@H](C(=O)O)C(C)O)c2oc3ccccc3c2n1. The molecule has 0 amide bonds. The molecule has 1 unspecified atom stereocenters. The van der Waals surface area contributed by atoms with Gasteiger partial charge in [0.25, 0.3) is 0 Å². The number of anilines is 1. The van der Waals surface area contributed by atoms with Gasteiger partial charge in [-0.05, 0) is 26.0 Å². The van der Waals surface area contributed by atoms with E-state index in [1.807, 2.05) is 18.2 Å². The minimum absolute atomic E-state index is 0.256. The number of carboxylic acid groups (broad SMARTS) is 1. The van der Waals surface area contributed by atoms with Crippen LogP contribution in [0.5, 0.6) is 0 Å². The molecular formula is C15H15N3O4. The summed E-state index contributed by atoms with van der Waals surface area (Å²) in [5.41, 5.74) is 1.63. The largest absolute Gasteiger partial charge is 0.480 e. The number of benzene rings is 1. The first-order chi connectivity index (χ1) is 10.5. The maximum Gasteiger partial charge on any atom is 0.328 e. The number of hydrogen-bond donors (Lipinski definition) is 3. The molecule has 0 saturated heterocycles. The van der Waals surface area contributed by atoms with Gasteiger partial charge < -0.3 is 19.9 Å². The van der Waals surface area contributed by atoms with Crippen molar-refractivity contribution in [3.05, 3.63) is 30.1 Å². The van der Waals surface area contributed by atoms with Crippen LogP contribution in [0.2, 0.25) is 0 Å². The van der Waals surface area contributed by atoms with E-state index in [9.17, 15) is 15.0 Å². The Bertz CT molecular complexity index is 856. The van der Waals surface area contributed by atoms with Crippen molar-refractivity contribution in [2.45, 2.75) is 26.0 Å². The number of carboxylic acids is 1. The molecule has 1 aromatic carbocycles. The molecule has 7 nitrogen and oxygen atoms in total. The molecule has 0 spiro atoms. The fraction of sp³-hybridized carbons (Fsp3) is 0.267. The van der Waals surface area contributed by atoms with E-state index in [0.29, 0.717) is 22.5 Å². The second kappa shape index (κ2) is 5.27. The van der Waals surface area contributed by atoms with Gasteiger partial charge in [0, 0.05) is 5.39 Å². The Labute approximate surface area is 125 Å². The Morgan fingerprint density at radius 2 is 2.05 bits per heavy atom. The van der Waals surface area contributed by atoms with E-state index in [1.54, 1.807) is 13.0 Å². The molecule has 0 radical (unpaired) electrons. The normalized spacial score (nSPS) is 14.1. The third-order valence-corrected chi connectivity index (χ3v) is 3.37. The summed E-state index contributed by atoms with van der Waals surface area (Å²) in [6.07, 6.45) is -1.09. The van der Waals surface area contributed by atoms with Gasteiger partial charge in [0.2, 0.25) is 0 Å². The molecule has 0 saturated carbocycles. The minimum Gasteiger partial charge on any atom is -0.480 e. The van der Waals surface area contributed by atoms with E-state index in [2.05, 4.69) is 15.3 Å². The minimum atomic E-state index is -1.19. The lowest BCUT2D eigenvalue weighted by Gasteiger charge is -2.17. The number of fused-ring (bicyclic) bond motifs is 3. The van der Waals surface area contributed by atoms with Crippen LogP contribution in [0, 0.1) is 6.92 Å². The Kier molecular flexibility index (Phi) is 3.42. The standard InChI is InChI=1S/C15H15N3O4/c1-7(19)11(15(20)21)18-14-13-12(16-8(2)17-14)9-5-3-4-6-10(9)22-13/h3-7,11,19H,1-2H3,(H,20,21)(H,16,17,18)/t7?,11-/m0/s1. The van der Waals surface area contributed by atoms with Crippen molar-refractivity contribution in [3.63, 3.8) is 0 Å². The van der Waals surface area contributed by atoms with Gasteiger partial charge in [-0.3, -0.25) is 0 Å². The molecule has 3 aromatic rings. The van der Waals surface area contributed by atoms with Crippen molar-refractivity contribution in [3.8, 4) is 0 Å². The molecule has 2 heterocycles. The zero-order valence-electron chi connectivity index (χ0n) is 12.1. The molecule has 7 heteroatoms. The first-order valence-corrected chi connectivity index (χ1v) is 6.80. The zero-order chi connectivity index (χ0) is 15.9. The number of aliphatic carboxylic acids is 1. The first-order valence-electron chi connectivity index (χ1n) is 6.80. The van der Waals surface area contributed by atoms with Crippen LogP contribution in [0.4, 0.5) is 5.82 Å². The Morgan fingerprint density at radius 1 is 1.32 bits per heavy atom. The summed E-state index contributed by atoms with van der Waals surface area (Å²) < 4.78 is 5.74. The monoisotopic (exact) mass is 301 g/mol. The number of nitrogens with zero attached hydrogens (tertiary/aromatic N) is 2. The lowest BCUT2D eigenvalue weighted by Crippen LogP contribution is -2.39. The highest BCUT2D eigenvalue weighted by Gasteiger charge is 2.25. The average Bonchev–Trinajstić information content (AvgIpc) is 2.82. The third kappa shape index (κ3) is 2.35. The van der Waals surface area contributed by atoms with Crippen LogP contribution < -0.4 is 5.32 Å². The fourth-order valence-electron chi connectivity index (χ4n) is 2.34. The van der Waals surface area contributed by atoms with Crippen molar-refractivity contribution in [1.29, 1.82) is 0 Å². The molecule has 3 rings (SSSR count). The molecule has 0 aliphatic carbocycles. The highest BCUT2D eigenvalue weighted by atomic mass is 16.4. The maximum absolute atomic E-state index is 11.2. The zero-order valence-corrected chi connectivity index (χ0v) is 12.1. The van der Waals surface area contributed by atoms with Gasteiger partial charge in [-0.25, -0.2) is 14.8 Å². The van der Waals surface area contributed by atoms with Gasteiger partial charge in [0.1, 0.15) is 16.9 Å². The maximum atomic E-state index is 11.2. The highest BCUT2D eigenvalue weighted by Crippen LogP contribution is 2.31. The van der Waals surface area contributed by atoms with Gasteiger partial charge in [-0.2, -0.15) is 0 Å². The molecular weight excluding hydrogens is 286 g/mol. The van der Waals surface area contributed by atoms with Crippen molar-refractivity contribution >= 4 is 33.9 Å². The summed E-state index contributed by atoms with van der Waals surface area (Å²) in [4.78, 5) is 19.8. The van der Waals surface area contributed by atoms with Gasteiger partial charge in [0.15, 0.2) is 17.4 Å². The summed E-state index contributed by atoms with van der Waals surface area (Å²) in [6.45, 7) is 3.11. The molecule has 22 heavy (non-hydrogen) atoms. The van der Waals surface area contributed by atoms with Crippen LogP contribution >= 0.6 is 0 Å². The van der Waals surface area contributed by atoms with Gasteiger partial charge in [0.05, 0.1) is 6.10 Å². The van der Waals surface area contributed by atoms with Crippen LogP contribution in [0.15, 0.2) is 28.7 Å². The summed E-state index contributed by atoms with van der Waals surface area (Å²) in [6, 6.07) is 6.21. The number of furan rings is 1. The molecule has 114 valence electrons. The highest BCUT2D eigenvalue weighted by molar-refractivity contribution is 6.05. The predicted octanol–water partition coefficient (Wildman–Crippen LogP) is 1.93. The Hall–Kier alpha value is -2.67. The van der Waals surface area contributed by atoms with Crippen LogP contribution in [-0.4, -0.2) is 38.3 Å². The van der Waals surface area contributed by atoms with E-state index < -0.39 is 18.1 Å². The predicted molar refractivity (Wildman–Crippen MR) is 80.8 cm³/mol. The molecule has 0 bridgehead atoms. The molecule has 0 aliphatic rings. The van der Waals surface area contributed by atoms with Crippen LogP contribution in [0.1, 0.15) is 12.7 Å². The number of hydrogen-bond acceptors (Lipinski definition) is 6. The van der Waals surface area contributed by atoms with E-state index in [0.717, 1.165) is 5.39 Å². The van der Waals surface area contributed by atoms with Crippen molar-refractivity contribution in [2.75, 3.05) is 5.32 Å². The van der Waals surface area contributed by atoms with Crippen LogP contribution in [0.3, 0.4) is 0 Å². The van der Waals surface area contributed by atoms with E-state index in [1.165, 1.54) is 6.92 Å². The van der Waals surface area contributed by atoms with E-state index in [-0.39, 0.29) is 5.82 Å². The number of aliphatic hydroxyl groups excluding tert-OH is 1. The number of aliphatic hydroxyl groups is 1. The topological polar surface area (TPSA) is 108 Å². The van der Waals surface area contributed by atoms with Crippen molar-refractivity contribution < 1.29 is 19.4 Å². The number of aryl methyl sites for hydroxylation is 1. The number of carbonyl (C=O) groups is 1. The average molecular weight is 301 g/mol. The summed E-state index contributed by atoms with van der Waals surface area (Å²) >= 11 is 0. The smallest absolute Gasteiger partial charge is 0.328 e. The van der Waals surface area contributed by atoms with Crippen LogP contribution in [0.25, 0.3) is 22.1 Å². The summed E-state index contributed by atoms with van der Waals surface area (Å²) in [5.74, 6) is -0.432. The van der Waals surface area contributed by atoms with Gasteiger partial charge in [-0.15, -0.1) is 0 Å². The second-order valence-corrected chi connectivity index (χ2v) is 5.10. The molecule has 2 atom stereocenters.